The smallest absolute Gasteiger partial charge is 0.197 e. The predicted molar refractivity (Wildman–Crippen MR) is 63.1 cm³/mol. The van der Waals surface area contributed by atoms with Crippen LogP contribution in [0, 0.1) is 23.3 Å². The second kappa shape index (κ2) is 3.70. The van der Waals surface area contributed by atoms with Crippen molar-refractivity contribution in [2.75, 3.05) is 0 Å². The Kier molecular flexibility index (Phi) is 2.50. The van der Waals surface area contributed by atoms with Gasteiger partial charge in [0.1, 0.15) is 0 Å². The molecule has 0 spiro atoms. The van der Waals surface area contributed by atoms with Gasteiger partial charge in [-0.25, -0.2) is 17.6 Å². The summed E-state index contributed by atoms with van der Waals surface area (Å²) in [4.78, 5) is 0. The molecule has 0 nitrogen and oxygen atoms in total. The molecule has 0 saturated carbocycles. The Morgan fingerprint density at radius 3 is 2.06 bits per heavy atom. The first-order chi connectivity index (χ1) is 8.02. The summed E-state index contributed by atoms with van der Waals surface area (Å²) < 4.78 is 54.7. The van der Waals surface area contributed by atoms with Crippen LogP contribution in [0.4, 0.5) is 17.6 Å². The van der Waals surface area contributed by atoms with E-state index in [-0.39, 0.29) is 23.0 Å². The SMILES string of the molecule is Fc1c(F)c(F)c2c(c1F)C1C=C(I)C2CC1. The second-order valence-corrected chi connectivity index (χ2v) is 5.62. The summed E-state index contributed by atoms with van der Waals surface area (Å²) in [6.45, 7) is 0. The van der Waals surface area contributed by atoms with Gasteiger partial charge in [0.15, 0.2) is 23.3 Å². The van der Waals surface area contributed by atoms with Crippen LogP contribution in [0.15, 0.2) is 9.66 Å². The van der Waals surface area contributed by atoms with Gasteiger partial charge in [0.25, 0.3) is 0 Å². The van der Waals surface area contributed by atoms with Crippen molar-refractivity contribution in [3.8, 4) is 0 Å². The van der Waals surface area contributed by atoms with Gasteiger partial charge in [0.05, 0.1) is 0 Å². The summed E-state index contributed by atoms with van der Waals surface area (Å²) in [5, 5.41) is 0. The van der Waals surface area contributed by atoms with Crippen molar-refractivity contribution in [2.24, 2.45) is 0 Å². The highest BCUT2D eigenvalue weighted by Gasteiger charge is 2.40. The summed E-state index contributed by atoms with van der Waals surface area (Å²) in [7, 11) is 0. The van der Waals surface area contributed by atoms with Crippen LogP contribution < -0.4 is 0 Å². The van der Waals surface area contributed by atoms with Crippen LogP contribution in [-0.2, 0) is 0 Å². The highest BCUT2D eigenvalue weighted by atomic mass is 127. The molecule has 4 rings (SSSR count). The topological polar surface area (TPSA) is 0 Å². The number of rotatable bonds is 0. The molecule has 2 bridgehead atoms. The van der Waals surface area contributed by atoms with E-state index in [0.29, 0.717) is 12.8 Å². The first kappa shape index (κ1) is 11.5. The average Bonchev–Trinajstić information content (AvgIpc) is 2.33. The monoisotopic (exact) mass is 354 g/mol. The molecular weight excluding hydrogens is 347 g/mol. The van der Waals surface area contributed by atoms with E-state index in [0.717, 1.165) is 3.58 Å². The summed E-state index contributed by atoms with van der Waals surface area (Å²) in [5.74, 6) is -6.49. The van der Waals surface area contributed by atoms with Crippen LogP contribution in [0.25, 0.3) is 0 Å². The van der Waals surface area contributed by atoms with Gasteiger partial charge in [-0.15, -0.1) is 0 Å². The van der Waals surface area contributed by atoms with Gasteiger partial charge in [0, 0.05) is 23.0 Å². The Morgan fingerprint density at radius 1 is 0.882 bits per heavy atom. The van der Waals surface area contributed by atoms with E-state index in [4.69, 9.17) is 0 Å². The molecule has 0 aliphatic heterocycles. The quantitative estimate of drug-likeness (QED) is 0.278. The zero-order valence-electron chi connectivity index (χ0n) is 8.54. The molecule has 0 fully saturated rings. The first-order valence-corrected chi connectivity index (χ1v) is 6.33. The molecule has 2 atom stereocenters. The lowest BCUT2D eigenvalue weighted by Gasteiger charge is -2.36. The van der Waals surface area contributed by atoms with Crippen molar-refractivity contribution in [3.63, 3.8) is 0 Å². The minimum Gasteiger partial charge on any atom is -0.203 e. The Balaban J connectivity index is 2.37. The molecule has 17 heavy (non-hydrogen) atoms. The molecule has 0 aromatic heterocycles. The van der Waals surface area contributed by atoms with Gasteiger partial charge in [-0.05, 0) is 39.0 Å². The van der Waals surface area contributed by atoms with E-state index in [9.17, 15) is 17.6 Å². The lowest BCUT2D eigenvalue weighted by Crippen LogP contribution is -2.24. The molecule has 3 aliphatic carbocycles. The van der Waals surface area contributed by atoms with Crippen LogP contribution in [0.2, 0.25) is 0 Å². The van der Waals surface area contributed by atoms with Crippen molar-refractivity contribution < 1.29 is 17.6 Å². The van der Waals surface area contributed by atoms with E-state index in [1.165, 1.54) is 0 Å². The van der Waals surface area contributed by atoms with E-state index in [1.807, 2.05) is 6.08 Å². The van der Waals surface area contributed by atoms with Gasteiger partial charge in [-0.3, -0.25) is 0 Å². The van der Waals surface area contributed by atoms with E-state index < -0.39 is 23.3 Å². The van der Waals surface area contributed by atoms with Crippen molar-refractivity contribution in [1.29, 1.82) is 0 Å². The molecule has 0 N–H and O–H groups in total. The fourth-order valence-corrected chi connectivity index (χ4v) is 3.81. The number of hydrogen-bond donors (Lipinski definition) is 0. The number of hydrogen-bond acceptors (Lipinski definition) is 0. The maximum atomic E-state index is 13.7. The fraction of sp³-hybridized carbons (Fsp3) is 0.333. The zero-order chi connectivity index (χ0) is 12.3. The van der Waals surface area contributed by atoms with Gasteiger partial charge >= 0.3 is 0 Å². The highest BCUT2D eigenvalue weighted by molar-refractivity contribution is 14.1. The maximum absolute atomic E-state index is 13.7. The standard InChI is InChI=1S/C12H7F4I/c13-9-7-4-1-2-5(6(17)3-4)8(7)10(14)12(16)11(9)15/h3-5H,1-2H2. The van der Waals surface area contributed by atoms with E-state index in [1.54, 1.807) is 0 Å². The largest absolute Gasteiger partial charge is 0.203 e. The van der Waals surface area contributed by atoms with Gasteiger partial charge in [-0.2, -0.15) is 0 Å². The summed E-state index contributed by atoms with van der Waals surface area (Å²) >= 11 is 2.05. The zero-order valence-corrected chi connectivity index (χ0v) is 10.7. The number of fused-ring (bicyclic) bond motifs is 1. The third-order valence-corrected chi connectivity index (χ3v) is 4.63. The van der Waals surface area contributed by atoms with Crippen molar-refractivity contribution >= 4 is 22.6 Å². The molecule has 90 valence electrons. The fourth-order valence-electron chi connectivity index (χ4n) is 2.75. The van der Waals surface area contributed by atoms with E-state index >= 15 is 0 Å². The van der Waals surface area contributed by atoms with Crippen LogP contribution in [0.5, 0.6) is 0 Å². The number of halogens is 5. The Hall–Kier alpha value is -0.590. The minimum atomic E-state index is -1.70. The third kappa shape index (κ3) is 1.41. The van der Waals surface area contributed by atoms with Crippen LogP contribution in [-0.4, -0.2) is 0 Å². The summed E-state index contributed by atoms with van der Waals surface area (Å²) in [5.41, 5.74) is 0.0302. The molecule has 0 heterocycles. The molecule has 2 unspecified atom stereocenters. The number of benzene rings is 1. The number of allylic oxidation sites excluding steroid dienone is 2. The molecule has 3 aliphatic rings. The Morgan fingerprint density at radius 2 is 1.47 bits per heavy atom. The summed E-state index contributed by atoms with van der Waals surface area (Å²) in [6, 6.07) is 0. The molecular formula is C12H7F4I. The molecule has 0 saturated heterocycles. The van der Waals surface area contributed by atoms with Gasteiger partial charge in [-0.1, -0.05) is 6.08 Å². The molecule has 1 aromatic carbocycles. The first-order valence-electron chi connectivity index (χ1n) is 5.25. The summed E-state index contributed by atoms with van der Waals surface area (Å²) in [6.07, 6.45) is 3.14. The Labute approximate surface area is 109 Å². The predicted octanol–water partition coefficient (Wildman–Crippen LogP) is 4.54. The lowest BCUT2D eigenvalue weighted by atomic mass is 9.71. The average molecular weight is 354 g/mol. The van der Waals surface area contributed by atoms with E-state index in [2.05, 4.69) is 22.6 Å². The maximum Gasteiger partial charge on any atom is 0.197 e. The molecule has 0 amide bonds. The molecule has 0 radical (unpaired) electrons. The van der Waals surface area contributed by atoms with Gasteiger partial charge < -0.3 is 0 Å². The van der Waals surface area contributed by atoms with Crippen LogP contribution in [0.3, 0.4) is 0 Å². The Bertz CT molecular complexity index is 550. The van der Waals surface area contributed by atoms with Crippen molar-refractivity contribution in [1.82, 2.24) is 0 Å². The lowest BCUT2D eigenvalue weighted by molar-refractivity contribution is 0.378. The molecule has 1 aromatic rings. The van der Waals surface area contributed by atoms with Crippen molar-refractivity contribution in [3.05, 3.63) is 44.1 Å². The van der Waals surface area contributed by atoms with Crippen LogP contribution in [0.1, 0.15) is 35.8 Å². The highest BCUT2D eigenvalue weighted by Crippen LogP contribution is 2.52. The molecule has 5 heteroatoms. The third-order valence-electron chi connectivity index (χ3n) is 3.52. The van der Waals surface area contributed by atoms with Gasteiger partial charge in [0.2, 0.25) is 0 Å². The minimum absolute atomic E-state index is 0.0121. The normalized spacial score (nSPS) is 25.8. The van der Waals surface area contributed by atoms with Crippen LogP contribution >= 0.6 is 22.6 Å². The van der Waals surface area contributed by atoms with Crippen molar-refractivity contribution in [2.45, 2.75) is 24.7 Å². The second-order valence-electron chi connectivity index (χ2n) is 4.37.